The minimum Gasteiger partial charge on any atom is -0.326 e. The average Bonchev–Trinajstić information content (AvgIpc) is 2.67. The van der Waals surface area contributed by atoms with Gasteiger partial charge in [0.1, 0.15) is 11.1 Å². The predicted molar refractivity (Wildman–Crippen MR) is 109 cm³/mol. The SMILES string of the molecule is CC(=O)Nc1cccc(SC(C(=O)Nc2ccccn2)c2ccccc2)c1. The number of anilines is 2. The van der Waals surface area contributed by atoms with Crippen LogP contribution >= 0.6 is 11.8 Å². The third-order valence-corrected chi connectivity index (χ3v) is 4.91. The monoisotopic (exact) mass is 377 g/mol. The standard InChI is InChI=1S/C21H19N3O2S/c1-15(25)23-17-10-7-11-18(14-17)27-20(16-8-3-2-4-9-16)21(26)24-19-12-5-6-13-22-19/h2-14,20H,1H3,(H,23,25)(H,22,24,26). The summed E-state index contributed by atoms with van der Waals surface area (Å²) in [6.07, 6.45) is 1.64. The summed E-state index contributed by atoms with van der Waals surface area (Å²) in [5.41, 5.74) is 1.59. The Morgan fingerprint density at radius 1 is 0.926 bits per heavy atom. The van der Waals surface area contributed by atoms with E-state index in [0.29, 0.717) is 11.5 Å². The van der Waals surface area contributed by atoms with E-state index in [0.717, 1.165) is 10.5 Å². The van der Waals surface area contributed by atoms with E-state index in [-0.39, 0.29) is 11.8 Å². The van der Waals surface area contributed by atoms with Crippen LogP contribution in [0.4, 0.5) is 11.5 Å². The molecule has 27 heavy (non-hydrogen) atoms. The molecule has 6 heteroatoms. The number of aromatic nitrogens is 1. The second kappa shape index (κ2) is 9.00. The molecule has 0 aliphatic rings. The molecule has 2 N–H and O–H groups in total. The zero-order valence-corrected chi connectivity index (χ0v) is 15.6. The van der Waals surface area contributed by atoms with Crippen LogP contribution in [0.5, 0.6) is 0 Å². The van der Waals surface area contributed by atoms with E-state index >= 15 is 0 Å². The minimum atomic E-state index is -0.458. The molecule has 5 nitrogen and oxygen atoms in total. The first-order valence-corrected chi connectivity index (χ1v) is 9.31. The molecule has 0 bridgehead atoms. The molecule has 136 valence electrons. The summed E-state index contributed by atoms with van der Waals surface area (Å²) in [4.78, 5) is 29.3. The summed E-state index contributed by atoms with van der Waals surface area (Å²) in [6, 6.07) is 22.4. The van der Waals surface area contributed by atoms with Crippen LogP contribution < -0.4 is 10.6 Å². The molecule has 0 aliphatic carbocycles. The molecule has 1 aromatic heterocycles. The van der Waals surface area contributed by atoms with Crippen molar-refractivity contribution in [1.82, 2.24) is 4.98 Å². The van der Waals surface area contributed by atoms with Gasteiger partial charge in [0.05, 0.1) is 0 Å². The van der Waals surface area contributed by atoms with Gasteiger partial charge in [-0.05, 0) is 35.9 Å². The van der Waals surface area contributed by atoms with E-state index in [1.807, 2.05) is 60.7 Å². The van der Waals surface area contributed by atoms with Gasteiger partial charge >= 0.3 is 0 Å². The van der Waals surface area contributed by atoms with Gasteiger partial charge in [-0.25, -0.2) is 4.98 Å². The number of rotatable bonds is 6. The number of carbonyl (C=O) groups excluding carboxylic acids is 2. The Kier molecular flexibility index (Phi) is 6.22. The van der Waals surface area contributed by atoms with Crippen molar-refractivity contribution in [3.63, 3.8) is 0 Å². The number of carbonyl (C=O) groups is 2. The van der Waals surface area contributed by atoms with E-state index in [4.69, 9.17) is 0 Å². The second-order valence-electron chi connectivity index (χ2n) is 5.82. The molecule has 3 rings (SSSR count). The number of amides is 2. The summed E-state index contributed by atoms with van der Waals surface area (Å²) in [5.74, 6) is 0.218. The predicted octanol–water partition coefficient (Wildman–Crippen LogP) is 4.51. The summed E-state index contributed by atoms with van der Waals surface area (Å²) < 4.78 is 0. The van der Waals surface area contributed by atoms with Crippen LogP contribution in [-0.2, 0) is 9.59 Å². The maximum atomic E-state index is 12.9. The molecule has 0 saturated heterocycles. The first kappa shape index (κ1) is 18.7. The van der Waals surface area contributed by atoms with Gasteiger partial charge in [-0.1, -0.05) is 42.5 Å². The van der Waals surface area contributed by atoms with E-state index in [2.05, 4.69) is 15.6 Å². The maximum absolute atomic E-state index is 12.9. The van der Waals surface area contributed by atoms with Crippen LogP contribution in [0.25, 0.3) is 0 Å². The largest absolute Gasteiger partial charge is 0.326 e. The topological polar surface area (TPSA) is 71.1 Å². The third kappa shape index (κ3) is 5.43. The summed E-state index contributed by atoms with van der Waals surface area (Å²) in [6.45, 7) is 1.47. The molecule has 0 saturated carbocycles. The van der Waals surface area contributed by atoms with Gasteiger partial charge in [0.25, 0.3) is 0 Å². The van der Waals surface area contributed by atoms with Gasteiger partial charge in [-0.3, -0.25) is 9.59 Å². The molecule has 0 aliphatic heterocycles. The molecular formula is C21H19N3O2S. The Balaban J connectivity index is 1.84. The quantitative estimate of drug-likeness (QED) is 0.620. The molecule has 0 fully saturated rings. The van der Waals surface area contributed by atoms with Crippen molar-refractivity contribution in [3.05, 3.63) is 84.6 Å². The fourth-order valence-electron chi connectivity index (χ4n) is 2.52. The Bertz CT molecular complexity index is 917. The Hall–Kier alpha value is -3.12. The smallest absolute Gasteiger partial charge is 0.243 e. The highest BCUT2D eigenvalue weighted by Gasteiger charge is 2.22. The highest BCUT2D eigenvalue weighted by Crippen LogP contribution is 2.37. The van der Waals surface area contributed by atoms with E-state index in [9.17, 15) is 9.59 Å². The lowest BCUT2D eigenvalue weighted by molar-refractivity contribution is -0.116. The van der Waals surface area contributed by atoms with Crippen LogP contribution in [0.2, 0.25) is 0 Å². The lowest BCUT2D eigenvalue weighted by Crippen LogP contribution is -2.19. The van der Waals surface area contributed by atoms with Crippen molar-refractivity contribution in [2.75, 3.05) is 10.6 Å². The number of nitrogens with one attached hydrogen (secondary N) is 2. The molecule has 0 radical (unpaired) electrons. The third-order valence-electron chi connectivity index (χ3n) is 3.66. The van der Waals surface area contributed by atoms with E-state index in [1.54, 1.807) is 18.3 Å². The van der Waals surface area contributed by atoms with Crippen molar-refractivity contribution in [1.29, 1.82) is 0 Å². The van der Waals surface area contributed by atoms with Gasteiger partial charge in [-0.15, -0.1) is 11.8 Å². The van der Waals surface area contributed by atoms with Crippen molar-refractivity contribution in [3.8, 4) is 0 Å². The molecule has 2 amide bonds. The van der Waals surface area contributed by atoms with Gasteiger partial charge in [-0.2, -0.15) is 0 Å². The number of benzene rings is 2. The molecular weight excluding hydrogens is 358 g/mol. The number of nitrogens with zero attached hydrogens (tertiary/aromatic N) is 1. The number of hydrogen-bond acceptors (Lipinski definition) is 4. The molecule has 2 aromatic carbocycles. The molecule has 1 atom stereocenters. The highest BCUT2D eigenvalue weighted by molar-refractivity contribution is 8.00. The minimum absolute atomic E-state index is 0.135. The van der Waals surface area contributed by atoms with Crippen molar-refractivity contribution < 1.29 is 9.59 Å². The van der Waals surface area contributed by atoms with Crippen molar-refractivity contribution >= 4 is 35.1 Å². The molecule has 1 unspecified atom stereocenters. The summed E-state index contributed by atoms with van der Waals surface area (Å²) in [7, 11) is 0. The first-order valence-electron chi connectivity index (χ1n) is 8.43. The van der Waals surface area contributed by atoms with E-state index in [1.165, 1.54) is 18.7 Å². The van der Waals surface area contributed by atoms with Gasteiger partial charge in [0, 0.05) is 23.7 Å². The van der Waals surface area contributed by atoms with Crippen molar-refractivity contribution in [2.24, 2.45) is 0 Å². The van der Waals surface area contributed by atoms with Crippen LogP contribution in [0.1, 0.15) is 17.7 Å². The molecule has 3 aromatic rings. The Morgan fingerprint density at radius 2 is 1.70 bits per heavy atom. The normalized spacial score (nSPS) is 11.4. The summed E-state index contributed by atoms with van der Waals surface area (Å²) >= 11 is 1.42. The van der Waals surface area contributed by atoms with Gasteiger partial charge in [0.15, 0.2) is 0 Å². The average molecular weight is 377 g/mol. The van der Waals surface area contributed by atoms with Crippen molar-refractivity contribution in [2.45, 2.75) is 17.1 Å². The lowest BCUT2D eigenvalue weighted by Gasteiger charge is -2.17. The molecule has 1 heterocycles. The number of thioether (sulfide) groups is 1. The van der Waals surface area contributed by atoms with Crippen LogP contribution in [-0.4, -0.2) is 16.8 Å². The lowest BCUT2D eigenvalue weighted by atomic mass is 10.1. The summed E-state index contributed by atoms with van der Waals surface area (Å²) in [5, 5.41) is 5.17. The number of hydrogen-bond donors (Lipinski definition) is 2. The zero-order chi connectivity index (χ0) is 19.1. The Morgan fingerprint density at radius 3 is 2.41 bits per heavy atom. The fraction of sp³-hybridized carbons (Fsp3) is 0.0952. The fourth-order valence-corrected chi connectivity index (χ4v) is 3.60. The highest BCUT2D eigenvalue weighted by atomic mass is 32.2. The van der Waals surface area contributed by atoms with Gasteiger partial charge < -0.3 is 10.6 Å². The second-order valence-corrected chi connectivity index (χ2v) is 7.00. The Labute approximate surface area is 162 Å². The number of pyridine rings is 1. The van der Waals surface area contributed by atoms with E-state index < -0.39 is 5.25 Å². The maximum Gasteiger partial charge on any atom is 0.243 e. The first-order chi connectivity index (χ1) is 13.1. The zero-order valence-electron chi connectivity index (χ0n) is 14.8. The van der Waals surface area contributed by atoms with Crippen LogP contribution in [0.3, 0.4) is 0 Å². The van der Waals surface area contributed by atoms with Crippen LogP contribution in [0, 0.1) is 0 Å². The molecule has 0 spiro atoms. The van der Waals surface area contributed by atoms with Crippen LogP contribution in [0.15, 0.2) is 83.9 Å². The van der Waals surface area contributed by atoms with Gasteiger partial charge in [0.2, 0.25) is 11.8 Å².